The van der Waals surface area contributed by atoms with Crippen LogP contribution in [0.5, 0.6) is 0 Å². The van der Waals surface area contributed by atoms with Gasteiger partial charge in [0.15, 0.2) is 0 Å². The molecule has 1 saturated heterocycles. The molecule has 1 heterocycles. The van der Waals surface area contributed by atoms with E-state index in [4.69, 9.17) is 9.84 Å². The van der Waals surface area contributed by atoms with Crippen molar-refractivity contribution in [3.05, 3.63) is 35.4 Å². The molecule has 132 valence electrons. The number of rotatable bonds is 7. The number of methoxy groups -OCH3 is 1. The highest BCUT2D eigenvalue weighted by molar-refractivity contribution is 5.81. The van der Waals surface area contributed by atoms with Crippen LogP contribution in [-0.4, -0.2) is 53.8 Å². The zero-order valence-electron chi connectivity index (χ0n) is 14.0. The largest absolute Gasteiger partial charge is 0.481 e. The number of aliphatic hydroxyl groups is 1. The topological polar surface area (TPSA) is 87.1 Å². The molecule has 1 fully saturated rings. The third-order valence-corrected chi connectivity index (χ3v) is 4.73. The first-order valence-electron chi connectivity index (χ1n) is 8.19. The molecule has 1 amide bonds. The van der Waals surface area contributed by atoms with E-state index in [1.54, 1.807) is 24.1 Å². The van der Waals surface area contributed by atoms with Gasteiger partial charge in [0.05, 0.1) is 18.4 Å². The van der Waals surface area contributed by atoms with Crippen molar-refractivity contribution >= 4 is 11.9 Å². The van der Waals surface area contributed by atoms with E-state index in [2.05, 4.69) is 0 Å². The minimum atomic E-state index is -0.912. The fourth-order valence-electron chi connectivity index (χ4n) is 3.18. The molecule has 1 aliphatic rings. The first kappa shape index (κ1) is 18.4. The summed E-state index contributed by atoms with van der Waals surface area (Å²) in [6.45, 7) is 1.17. The van der Waals surface area contributed by atoms with Crippen LogP contribution < -0.4 is 0 Å². The monoisotopic (exact) mass is 335 g/mol. The van der Waals surface area contributed by atoms with E-state index < -0.39 is 11.4 Å². The van der Waals surface area contributed by atoms with Crippen LogP contribution in [0.3, 0.4) is 0 Å². The summed E-state index contributed by atoms with van der Waals surface area (Å²) in [5.74, 6) is -0.918. The van der Waals surface area contributed by atoms with Crippen molar-refractivity contribution in [2.45, 2.75) is 32.3 Å². The van der Waals surface area contributed by atoms with Crippen LogP contribution in [-0.2, 0) is 27.4 Å². The van der Waals surface area contributed by atoms with E-state index in [-0.39, 0.29) is 25.5 Å². The number of carbonyl (C=O) groups is 2. The molecule has 0 aromatic heterocycles. The Labute approximate surface area is 142 Å². The van der Waals surface area contributed by atoms with Crippen LogP contribution in [0.2, 0.25) is 0 Å². The Morgan fingerprint density at radius 1 is 1.25 bits per heavy atom. The van der Waals surface area contributed by atoms with E-state index in [0.717, 1.165) is 11.1 Å². The average molecular weight is 335 g/mol. The van der Waals surface area contributed by atoms with Crippen molar-refractivity contribution in [2.75, 3.05) is 26.8 Å². The summed E-state index contributed by atoms with van der Waals surface area (Å²) in [5, 5.41) is 18.7. The average Bonchev–Trinajstić information content (AvgIpc) is 2.60. The number of ether oxygens (including phenoxy) is 1. The van der Waals surface area contributed by atoms with Crippen molar-refractivity contribution in [3.8, 4) is 0 Å². The zero-order chi connectivity index (χ0) is 17.6. The normalized spacial score (nSPS) is 20.8. The first-order valence-corrected chi connectivity index (χ1v) is 8.19. The Morgan fingerprint density at radius 3 is 2.50 bits per heavy atom. The molecule has 1 aliphatic heterocycles. The smallest absolute Gasteiger partial charge is 0.311 e. The summed E-state index contributed by atoms with van der Waals surface area (Å²) in [5.41, 5.74) is 0.749. The molecule has 2 rings (SSSR count). The maximum atomic E-state index is 12.6. The highest BCUT2D eigenvalue weighted by Gasteiger charge is 2.43. The minimum Gasteiger partial charge on any atom is -0.481 e. The molecular weight excluding hydrogens is 310 g/mol. The van der Waals surface area contributed by atoms with Crippen molar-refractivity contribution < 1.29 is 24.5 Å². The number of carboxylic acid groups (broad SMARTS) is 1. The summed E-state index contributed by atoms with van der Waals surface area (Å²) < 4.78 is 5.05. The van der Waals surface area contributed by atoms with Gasteiger partial charge in [-0.1, -0.05) is 24.3 Å². The van der Waals surface area contributed by atoms with Gasteiger partial charge < -0.3 is 19.8 Å². The van der Waals surface area contributed by atoms with Gasteiger partial charge >= 0.3 is 5.97 Å². The molecule has 6 nitrogen and oxygen atoms in total. The molecule has 0 unspecified atom stereocenters. The maximum Gasteiger partial charge on any atom is 0.311 e. The van der Waals surface area contributed by atoms with Crippen molar-refractivity contribution in [2.24, 2.45) is 5.41 Å². The molecule has 0 aliphatic carbocycles. The highest BCUT2D eigenvalue weighted by Crippen LogP contribution is 2.34. The SMILES string of the molecule is COCC[C@]1(C(=O)O)CCCN(C(=O)Cc2ccc(CO)cc2)C1. The van der Waals surface area contributed by atoms with Crippen molar-refractivity contribution in [1.82, 2.24) is 4.90 Å². The molecular formula is C18H25NO5. The predicted molar refractivity (Wildman–Crippen MR) is 88.4 cm³/mol. The van der Waals surface area contributed by atoms with E-state index in [9.17, 15) is 14.7 Å². The van der Waals surface area contributed by atoms with Crippen LogP contribution in [0.4, 0.5) is 0 Å². The Morgan fingerprint density at radius 2 is 1.92 bits per heavy atom. The number of amides is 1. The second-order valence-corrected chi connectivity index (χ2v) is 6.40. The molecule has 0 bridgehead atoms. The van der Waals surface area contributed by atoms with Gasteiger partial charge in [0.2, 0.25) is 5.91 Å². The molecule has 1 atom stereocenters. The predicted octanol–water partition coefficient (Wildman–Crippen LogP) is 1.45. The highest BCUT2D eigenvalue weighted by atomic mass is 16.5. The van der Waals surface area contributed by atoms with Gasteiger partial charge in [0.1, 0.15) is 0 Å². The van der Waals surface area contributed by atoms with Crippen LogP contribution in [0.25, 0.3) is 0 Å². The summed E-state index contributed by atoms with van der Waals surface area (Å²) in [7, 11) is 1.55. The van der Waals surface area contributed by atoms with E-state index in [1.165, 1.54) is 0 Å². The fraction of sp³-hybridized carbons (Fsp3) is 0.556. The molecule has 2 N–H and O–H groups in total. The Kier molecular flexibility index (Phi) is 6.34. The van der Waals surface area contributed by atoms with E-state index in [1.807, 2.05) is 12.1 Å². The summed E-state index contributed by atoms with van der Waals surface area (Å²) >= 11 is 0. The molecule has 6 heteroatoms. The van der Waals surface area contributed by atoms with Gasteiger partial charge in [-0.15, -0.1) is 0 Å². The Hall–Kier alpha value is -1.92. The lowest BCUT2D eigenvalue weighted by atomic mass is 9.77. The second kappa shape index (κ2) is 8.26. The van der Waals surface area contributed by atoms with Crippen molar-refractivity contribution in [3.63, 3.8) is 0 Å². The minimum absolute atomic E-state index is 0.0268. The Balaban J connectivity index is 2.03. The van der Waals surface area contributed by atoms with Gasteiger partial charge in [-0.3, -0.25) is 9.59 Å². The lowest BCUT2D eigenvalue weighted by Gasteiger charge is -2.40. The molecule has 0 saturated carbocycles. The Bertz CT molecular complexity index is 571. The van der Waals surface area contributed by atoms with Crippen LogP contribution in [0.15, 0.2) is 24.3 Å². The van der Waals surface area contributed by atoms with Crippen molar-refractivity contribution in [1.29, 1.82) is 0 Å². The number of piperidine rings is 1. The van der Waals surface area contributed by atoms with Crippen LogP contribution in [0.1, 0.15) is 30.4 Å². The standard InChI is InChI=1S/C18H25NO5/c1-24-10-8-18(17(22)23)7-2-9-19(13-18)16(21)11-14-3-5-15(12-20)6-4-14/h3-6,20H,2,7-13H2,1H3,(H,22,23)/t18-/m1/s1. The number of benzene rings is 1. The molecule has 1 aromatic rings. The lowest BCUT2D eigenvalue weighted by Crippen LogP contribution is -2.50. The fourth-order valence-corrected chi connectivity index (χ4v) is 3.18. The van der Waals surface area contributed by atoms with E-state index >= 15 is 0 Å². The van der Waals surface area contributed by atoms with Gasteiger partial charge in [-0.2, -0.15) is 0 Å². The third kappa shape index (κ3) is 4.33. The summed E-state index contributed by atoms with van der Waals surface area (Å²) in [6, 6.07) is 7.23. The molecule has 24 heavy (non-hydrogen) atoms. The van der Waals surface area contributed by atoms with Gasteiger partial charge in [-0.05, 0) is 30.4 Å². The molecule has 0 radical (unpaired) electrons. The lowest BCUT2D eigenvalue weighted by molar-refractivity contribution is -0.156. The van der Waals surface area contributed by atoms with E-state index in [0.29, 0.717) is 32.4 Å². The summed E-state index contributed by atoms with van der Waals surface area (Å²) in [4.78, 5) is 26.0. The maximum absolute atomic E-state index is 12.6. The second-order valence-electron chi connectivity index (χ2n) is 6.40. The van der Waals surface area contributed by atoms with Crippen LogP contribution in [0, 0.1) is 5.41 Å². The zero-order valence-corrected chi connectivity index (χ0v) is 14.0. The van der Waals surface area contributed by atoms with Gasteiger partial charge in [-0.25, -0.2) is 0 Å². The number of carboxylic acids is 1. The number of hydrogen-bond donors (Lipinski definition) is 2. The first-order chi connectivity index (χ1) is 11.5. The number of carbonyl (C=O) groups excluding carboxylic acids is 1. The number of aliphatic carboxylic acids is 1. The number of likely N-dealkylation sites (tertiary alicyclic amines) is 1. The van der Waals surface area contributed by atoms with Gasteiger partial charge in [0, 0.05) is 26.8 Å². The van der Waals surface area contributed by atoms with Gasteiger partial charge in [0.25, 0.3) is 0 Å². The number of nitrogens with zero attached hydrogens (tertiary/aromatic N) is 1. The summed E-state index contributed by atoms with van der Waals surface area (Å²) in [6.07, 6.45) is 1.91. The number of aliphatic hydroxyl groups excluding tert-OH is 1. The molecule has 1 aromatic carbocycles. The third-order valence-electron chi connectivity index (χ3n) is 4.73. The van der Waals surface area contributed by atoms with Crippen LogP contribution >= 0.6 is 0 Å². The quantitative estimate of drug-likeness (QED) is 0.787. The number of hydrogen-bond acceptors (Lipinski definition) is 4. The molecule has 0 spiro atoms.